The quantitative estimate of drug-likeness (QED) is 0.0904. The van der Waals surface area contributed by atoms with E-state index in [4.69, 9.17) is 0 Å². The molecule has 0 amide bonds. The second-order valence-electron chi connectivity index (χ2n) is 10.7. The van der Waals surface area contributed by atoms with Crippen LogP contribution in [0.15, 0.2) is 78.9 Å². The second kappa shape index (κ2) is 15.2. The van der Waals surface area contributed by atoms with Gasteiger partial charge < -0.3 is 0 Å². The standard InChI is InChI=1S/C36H44F3IN3/c1-6-42(7-2)28-17-15-27(16-18-28)35(40-33-21-19-29(25-26(33)5)43(8-3)9-4)32-20-22-34(31-14-11-10-13-30(31)32)41-24-12-23-36(37,38)39/h10-11,13-22,25,35,41H,6-9,12,23-24H2,1-5H3/q-1. The summed E-state index contributed by atoms with van der Waals surface area (Å²) >= 11 is -0.483. The van der Waals surface area contributed by atoms with Crippen LogP contribution in [0.3, 0.4) is 0 Å². The van der Waals surface area contributed by atoms with Crippen LogP contribution >= 0.6 is 0 Å². The minimum atomic E-state index is -4.13. The molecule has 3 nitrogen and oxygen atoms in total. The van der Waals surface area contributed by atoms with Gasteiger partial charge in [0.05, 0.1) is 0 Å². The Labute approximate surface area is 265 Å². The molecule has 7 heteroatoms. The van der Waals surface area contributed by atoms with Crippen molar-refractivity contribution in [1.82, 2.24) is 0 Å². The number of hydrogen-bond donors (Lipinski definition) is 1. The van der Waals surface area contributed by atoms with E-state index in [0.29, 0.717) is 0 Å². The predicted molar refractivity (Wildman–Crippen MR) is 173 cm³/mol. The molecule has 232 valence electrons. The maximum absolute atomic E-state index is 12.7. The van der Waals surface area contributed by atoms with E-state index < -0.39 is 33.8 Å². The zero-order valence-corrected chi connectivity index (χ0v) is 28.1. The van der Waals surface area contributed by atoms with Crippen LogP contribution in [0.2, 0.25) is 0 Å². The van der Waals surface area contributed by atoms with Gasteiger partial charge in [-0.3, -0.25) is 0 Å². The normalized spacial score (nSPS) is 12.5. The molecule has 4 rings (SSSR count). The van der Waals surface area contributed by atoms with Crippen LogP contribution < -0.4 is 36.3 Å². The number of aryl methyl sites for hydroxylation is 1. The van der Waals surface area contributed by atoms with Gasteiger partial charge in [-0.05, 0) is 0 Å². The average molecular weight is 703 g/mol. The molecule has 0 saturated heterocycles. The number of nitrogens with zero attached hydrogens (tertiary/aromatic N) is 2. The van der Waals surface area contributed by atoms with E-state index in [2.05, 4.69) is 123 Å². The third-order valence-electron chi connectivity index (χ3n) is 7.99. The molecule has 0 aliphatic rings. The molecule has 0 spiro atoms. The fourth-order valence-corrected chi connectivity index (χ4v) is 8.97. The van der Waals surface area contributed by atoms with Crippen molar-refractivity contribution in [2.24, 2.45) is 0 Å². The van der Waals surface area contributed by atoms with Crippen molar-refractivity contribution in [3.8, 4) is 0 Å². The van der Waals surface area contributed by atoms with Crippen molar-refractivity contribution in [3.05, 3.63) is 99.1 Å². The van der Waals surface area contributed by atoms with E-state index >= 15 is 0 Å². The Hall–Kier alpha value is -2.94. The van der Waals surface area contributed by atoms with Crippen LogP contribution in [0.4, 0.5) is 30.2 Å². The molecule has 1 unspecified atom stereocenters. The Balaban J connectivity index is 1.74. The molecule has 0 bridgehead atoms. The molecule has 43 heavy (non-hydrogen) atoms. The molecule has 4 aromatic carbocycles. The van der Waals surface area contributed by atoms with Gasteiger partial charge in [0.2, 0.25) is 0 Å². The summed E-state index contributed by atoms with van der Waals surface area (Å²) in [5.74, 6) is 0. The molecular weight excluding hydrogens is 658 g/mol. The van der Waals surface area contributed by atoms with Crippen LogP contribution in [-0.2, 0) is 0 Å². The number of anilines is 3. The summed E-state index contributed by atoms with van der Waals surface area (Å²) in [5, 5.41) is 5.49. The van der Waals surface area contributed by atoms with Crippen molar-refractivity contribution < 1.29 is 34.4 Å². The van der Waals surface area contributed by atoms with Gasteiger partial charge in [0, 0.05) is 0 Å². The van der Waals surface area contributed by atoms with Gasteiger partial charge in [0.15, 0.2) is 0 Å². The van der Waals surface area contributed by atoms with Crippen molar-refractivity contribution in [1.29, 1.82) is 0 Å². The summed E-state index contributed by atoms with van der Waals surface area (Å²) in [6, 6.07) is 28.5. The van der Waals surface area contributed by atoms with Crippen molar-refractivity contribution in [3.63, 3.8) is 0 Å². The zero-order chi connectivity index (χ0) is 31.0. The first kappa shape index (κ1) is 33.0. The number of hydrogen-bond acceptors (Lipinski definition) is 3. The minimum absolute atomic E-state index is 0.0509. The Morgan fingerprint density at radius 1 is 0.744 bits per heavy atom. The fourth-order valence-electron chi connectivity index (χ4n) is 5.61. The third-order valence-corrected chi connectivity index (χ3v) is 11.9. The number of benzene rings is 4. The monoisotopic (exact) mass is 702 g/mol. The first-order valence-electron chi connectivity index (χ1n) is 15.3. The van der Waals surface area contributed by atoms with Gasteiger partial charge in [0.25, 0.3) is 0 Å². The van der Waals surface area contributed by atoms with Gasteiger partial charge in [-0.2, -0.15) is 0 Å². The van der Waals surface area contributed by atoms with Crippen LogP contribution in [0.1, 0.15) is 61.2 Å². The van der Waals surface area contributed by atoms with Crippen LogP contribution in [0.25, 0.3) is 10.8 Å². The molecular formula is C36H44F3IN3-. The molecule has 0 aliphatic carbocycles. The van der Waals surface area contributed by atoms with E-state index in [1.165, 1.54) is 31.6 Å². The van der Waals surface area contributed by atoms with E-state index in [1.807, 2.05) is 6.07 Å². The Kier molecular flexibility index (Phi) is 11.6. The summed E-state index contributed by atoms with van der Waals surface area (Å²) in [6.45, 7) is 15.2. The SMILES string of the molecule is CCN(CC)c1ccc(C([I-]c2ccc(N(CC)CC)cc2C)c2ccc(NCCCC(F)(F)F)c3ccccc23)cc1. The zero-order valence-electron chi connectivity index (χ0n) is 25.9. The summed E-state index contributed by atoms with van der Waals surface area (Å²) in [5.41, 5.74) is 7.28. The topological polar surface area (TPSA) is 18.5 Å². The number of halogens is 4. The number of fused-ring (bicyclic) bond motifs is 1. The van der Waals surface area contributed by atoms with Crippen molar-refractivity contribution in [2.75, 3.05) is 47.8 Å². The number of nitrogens with one attached hydrogen (secondary N) is 1. The molecule has 4 aromatic rings. The van der Waals surface area contributed by atoms with E-state index in [0.717, 1.165) is 42.6 Å². The molecule has 0 radical (unpaired) electrons. The Morgan fingerprint density at radius 3 is 1.95 bits per heavy atom. The molecule has 0 aromatic heterocycles. The van der Waals surface area contributed by atoms with Gasteiger partial charge >= 0.3 is 267 Å². The van der Waals surface area contributed by atoms with Gasteiger partial charge in [-0.15, -0.1) is 0 Å². The first-order chi connectivity index (χ1) is 20.7. The van der Waals surface area contributed by atoms with Crippen LogP contribution in [0.5, 0.6) is 0 Å². The van der Waals surface area contributed by atoms with E-state index in [-0.39, 0.29) is 16.9 Å². The number of alkyl halides is 4. The fraction of sp³-hybridized carbons (Fsp3) is 0.389. The van der Waals surface area contributed by atoms with Gasteiger partial charge in [-0.25, -0.2) is 0 Å². The van der Waals surface area contributed by atoms with E-state index in [1.54, 1.807) is 0 Å². The number of rotatable bonds is 14. The van der Waals surface area contributed by atoms with Crippen LogP contribution in [0, 0.1) is 10.5 Å². The molecule has 1 N–H and O–H groups in total. The first-order valence-corrected chi connectivity index (χ1v) is 17.7. The summed E-state index contributed by atoms with van der Waals surface area (Å²) < 4.78 is 39.8. The van der Waals surface area contributed by atoms with Gasteiger partial charge in [0.1, 0.15) is 0 Å². The molecule has 0 fully saturated rings. The molecule has 0 heterocycles. The second-order valence-corrected chi connectivity index (χ2v) is 13.8. The maximum atomic E-state index is 12.7. The predicted octanol–water partition coefficient (Wildman–Crippen LogP) is 6.64. The molecule has 1 atom stereocenters. The average Bonchev–Trinajstić information content (AvgIpc) is 3.00. The Morgan fingerprint density at radius 2 is 1.35 bits per heavy atom. The Bertz CT molecular complexity index is 1460. The van der Waals surface area contributed by atoms with Crippen molar-refractivity contribution in [2.45, 2.75) is 57.6 Å². The summed E-state index contributed by atoms with van der Waals surface area (Å²) in [4.78, 5) is 4.74. The third kappa shape index (κ3) is 8.37. The molecule has 0 aliphatic heterocycles. The molecule has 0 saturated carbocycles. The summed E-state index contributed by atoms with van der Waals surface area (Å²) in [7, 11) is 0. The van der Waals surface area contributed by atoms with E-state index in [9.17, 15) is 13.2 Å². The van der Waals surface area contributed by atoms with Gasteiger partial charge in [-0.1, -0.05) is 0 Å². The van der Waals surface area contributed by atoms with Crippen molar-refractivity contribution >= 4 is 27.8 Å². The van der Waals surface area contributed by atoms with Crippen LogP contribution in [-0.4, -0.2) is 38.9 Å². The summed E-state index contributed by atoms with van der Waals surface area (Å²) in [6.07, 6.45) is -4.86.